The molecule has 0 N–H and O–H groups in total. The van der Waals surface area contributed by atoms with Crippen LogP contribution in [0.25, 0.3) is 0 Å². The second kappa shape index (κ2) is 6.48. The Morgan fingerprint density at radius 1 is 1.35 bits per heavy atom. The molecular weight excluding hydrogens is 252 g/mol. The normalized spacial score (nSPS) is 38.2. The van der Waals surface area contributed by atoms with E-state index >= 15 is 0 Å². The molecule has 2 heterocycles. The Kier molecular flexibility index (Phi) is 5.25. The van der Waals surface area contributed by atoms with Gasteiger partial charge in [-0.25, -0.2) is 0 Å². The van der Waals surface area contributed by atoms with Crippen molar-refractivity contribution in [2.45, 2.75) is 61.4 Å². The van der Waals surface area contributed by atoms with E-state index < -0.39 is 0 Å². The van der Waals surface area contributed by atoms with Crippen molar-refractivity contribution in [3.05, 3.63) is 0 Å². The molecule has 4 atom stereocenters. The smallest absolute Gasteiger partial charge is 0.146 e. The Balaban J connectivity index is 1.72. The van der Waals surface area contributed by atoms with Crippen molar-refractivity contribution in [1.82, 2.24) is 0 Å². The molecule has 0 radical (unpaired) electrons. The number of hydrogen-bond acceptors (Lipinski definition) is 4. The van der Waals surface area contributed by atoms with Gasteiger partial charge in [0, 0.05) is 29.3 Å². The maximum Gasteiger partial charge on any atom is 0.146 e. The predicted octanol–water partition coefficient (Wildman–Crippen LogP) is 3.14. The summed E-state index contributed by atoms with van der Waals surface area (Å²) >= 11 is 3.82. The van der Waals surface area contributed by atoms with Gasteiger partial charge in [0.1, 0.15) is 5.78 Å². The van der Waals surface area contributed by atoms with E-state index in [2.05, 4.69) is 13.8 Å². The highest BCUT2D eigenvalue weighted by atomic mass is 32.2. The molecule has 0 aromatic heterocycles. The summed E-state index contributed by atoms with van der Waals surface area (Å²) in [6, 6.07) is 0. The molecule has 2 rings (SSSR count). The first-order chi connectivity index (χ1) is 8.16. The second-order valence-corrected chi connectivity index (χ2v) is 8.00. The molecule has 0 spiro atoms. The number of ether oxygens (including phenoxy) is 1. The van der Waals surface area contributed by atoms with Gasteiger partial charge in [0.25, 0.3) is 0 Å². The van der Waals surface area contributed by atoms with Crippen LogP contribution in [-0.2, 0) is 9.53 Å². The molecule has 2 fully saturated rings. The van der Waals surface area contributed by atoms with Gasteiger partial charge < -0.3 is 4.74 Å². The van der Waals surface area contributed by atoms with E-state index in [0.29, 0.717) is 28.8 Å². The number of thioether (sulfide) groups is 2. The van der Waals surface area contributed by atoms with Crippen molar-refractivity contribution in [2.75, 3.05) is 12.4 Å². The summed E-state index contributed by atoms with van der Waals surface area (Å²) in [5.74, 6) is 1.44. The molecule has 0 bridgehead atoms. The van der Waals surface area contributed by atoms with E-state index in [1.165, 1.54) is 6.42 Å². The zero-order valence-electron chi connectivity index (χ0n) is 10.7. The third-order valence-electron chi connectivity index (χ3n) is 3.65. The van der Waals surface area contributed by atoms with E-state index in [1.807, 2.05) is 23.5 Å². The monoisotopic (exact) mass is 274 g/mol. The van der Waals surface area contributed by atoms with Gasteiger partial charge in [-0.1, -0.05) is 13.8 Å². The molecule has 2 aliphatic rings. The lowest BCUT2D eigenvalue weighted by molar-refractivity contribution is -0.118. The van der Waals surface area contributed by atoms with E-state index in [-0.39, 0.29) is 5.25 Å². The van der Waals surface area contributed by atoms with Gasteiger partial charge in [-0.3, -0.25) is 4.79 Å². The van der Waals surface area contributed by atoms with Crippen LogP contribution < -0.4 is 0 Å². The van der Waals surface area contributed by atoms with Gasteiger partial charge >= 0.3 is 0 Å². The van der Waals surface area contributed by atoms with E-state index in [1.54, 1.807) is 0 Å². The second-order valence-electron chi connectivity index (χ2n) is 5.01. The van der Waals surface area contributed by atoms with E-state index in [0.717, 1.165) is 25.2 Å². The molecule has 0 aromatic carbocycles. The number of Topliss-reactive ketones (excluding diaryl/α,β-unsaturated/α-hetero) is 1. The fourth-order valence-corrected chi connectivity index (χ4v) is 5.21. The molecule has 0 aliphatic carbocycles. The minimum absolute atomic E-state index is 0.229. The Hall–Kier alpha value is 0.330. The third kappa shape index (κ3) is 3.90. The highest BCUT2D eigenvalue weighted by Crippen LogP contribution is 2.36. The SMILES string of the molecule is CC1SCC(C(=O)CCC2CCCO2)SC1C. The van der Waals surface area contributed by atoms with Crippen molar-refractivity contribution < 1.29 is 9.53 Å². The number of carbonyl (C=O) groups is 1. The zero-order valence-corrected chi connectivity index (χ0v) is 12.3. The summed E-state index contributed by atoms with van der Waals surface area (Å²) < 4.78 is 5.56. The van der Waals surface area contributed by atoms with Crippen LogP contribution in [0.4, 0.5) is 0 Å². The standard InChI is InChI=1S/C13H22O2S2/c1-9-10(2)17-13(8-16-9)12(14)6-5-11-4-3-7-15-11/h9-11,13H,3-8H2,1-2H3. The number of hydrogen-bond donors (Lipinski definition) is 0. The summed E-state index contributed by atoms with van der Waals surface area (Å²) in [4.78, 5) is 12.1. The first-order valence-electron chi connectivity index (χ1n) is 6.58. The Morgan fingerprint density at radius 3 is 2.82 bits per heavy atom. The molecule has 2 aliphatic heterocycles. The average Bonchev–Trinajstić information content (AvgIpc) is 2.82. The van der Waals surface area contributed by atoms with Crippen LogP contribution in [0.1, 0.15) is 39.5 Å². The lowest BCUT2D eigenvalue weighted by Gasteiger charge is -2.30. The summed E-state index contributed by atoms with van der Waals surface area (Å²) in [5, 5.41) is 1.51. The molecule has 4 unspecified atom stereocenters. The van der Waals surface area contributed by atoms with E-state index in [4.69, 9.17) is 4.74 Å². The van der Waals surface area contributed by atoms with E-state index in [9.17, 15) is 4.79 Å². The maximum absolute atomic E-state index is 12.1. The first-order valence-corrected chi connectivity index (χ1v) is 8.57. The topological polar surface area (TPSA) is 26.3 Å². The number of rotatable bonds is 4. The van der Waals surface area contributed by atoms with Crippen LogP contribution in [0.5, 0.6) is 0 Å². The van der Waals surface area contributed by atoms with Crippen LogP contribution in [-0.4, -0.2) is 40.0 Å². The van der Waals surface area contributed by atoms with Crippen LogP contribution in [0.15, 0.2) is 0 Å². The van der Waals surface area contributed by atoms with Crippen molar-refractivity contribution in [3.8, 4) is 0 Å². The highest BCUT2D eigenvalue weighted by molar-refractivity contribution is 8.08. The Morgan fingerprint density at radius 2 is 2.18 bits per heavy atom. The molecule has 0 aromatic rings. The lowest BCUT2D eigenvalue weighted by atomic mass is 10.1. The largest absolute Gasteiger partial charge is 0.378 e. The molecule has 17 heavy (non-hydrogen) atoms. The lowest BCUT2D eigenvalue weighted by Crippen LogP contribution is -2.32. The van der Waals surface area contributed by atoms with Gasteiger partial charge in [-0.05, 0) is 19.3 Å². The number of ketones is 1. The molecule has 2 nitrogen and oxygen atoms in total. The van der Waals surface area contributed by atoms with Gasteiger partial charge in [0.15, 0.2) is 0 Å². The molecule has 0 amide bonds. The van der Waals surface area contributed by atoms with Crippen molar-refractivity contribution in [2.24, 2.45) is 0 Å². The number of carbonyl (C=O) groups excluding carboxylic acids is 1. The predicted molar refractivity (Wildman–Crippen MR) is 76.0 cm³/mol. The quantitative estimate of drug-likeness (QED) is 0.787. The van der Waals surface area contributed by atoms with Gasteiger partial charge in [-0.2, -0.15) is 11.8 Å². The summed E-state index contributed by atoms with van der Waals surface area (Å²) in [6.07, 6.45) is 4.32. The minimum Gasteiger partial charge on any atom is -0.378 e. The highest BCUT2D eigenvalue weighted by Gasteiger charge is 2.30. The minimum atomic E-state index is 0.229. The molecule has 4 heteroatoms. The van der Waals surface area contributed by atoms with Gasteiger partial charge in [-0.15, -0.1) is 11.8 Å². The van der Waals surface area contributed by atoms with Crippen LogP contribution >= 0.6 is 23.5 Å². The first kappa shape index (κ1) is 13.8. The summed E-state index contributed by atoms with van der Waals surface area (Å²) in [6.45, 7) is 5.39. The van der Waals surface area contributed by atoms with Gasteiger partial charge in [0.2, 0.25) is 0 Å². The third-order valence-corrected chi connectivity index (χ3v) is 7.09. The zero-order chi connectivity index (χ0) is 12.3. The molecule has 0 saturated carbocycles. The van der Waals surface area contributed by atoms with Crippen LogP contribution in [0.3, 0.4) is 0 Å². The average molecular weight is 274 g/mol. The van der Waals surface area contributed by atoms with Crippen LogP contribution in [0.2, 0.25) is 0 Å². The fraction of sp³-hybridized carbons (Fsp3) is 0.923. The Bertz CT molecular complexity index is 264. The summed E-state index contributed by atoms with van der Waals surface area (Å²) in [5.41, 5.74) is 0. The Labute approximate surface area is 113 Å². The summed E-state index contributed by atoms with van der Waals surface area (Å²) in [7, 11) is 0. The van der Waals surface area contributed by atoms with Gasteiger partial charge in [0.05, 0.1) is 11.4 Å². The molecule has 98 valence electrons. The molecular formula is C13H22O2S2. The van der Waals surface area contributed by atoms with Crippen molar-refractivity contribution in [3.63, 3.8) is 0 Å². The van der Waals surface area contributed by atoms with Crippen molar-refractivity contribution in [1.29, 1.82) is 0 Å². The van der Waals surface area contributed by atoms with Crippen molar-refractivity contribution >= 4 is 29.3 Å². The molecule has 2 saturated heterocycles. The fourth-order valence-electron chi connectivity index (χ4n) is 2.29. The van der Waals surface area contributed by atoms with Crippen LogP contribution in [0, 0.1) is 0 Å². The maximum atomic E-state index is 12.1.